The minimum absolute atomic E-state index is 0.0233. The third kappa shape index (κ3) is 5.51. The Morgan fingerprint density at radius 2 is 1.00 bits per heavy atom. The molecule has 0 fully saturated rings. The monoisotopic (exact) mass is 398 g/mol. The summed E-state index contributed by atoms with van der Waals surface area (Å²) >= 11 is 0. The van der Waals surface area contributed by atoms with Gasteiger partial charge < -0.3 is 0 Å². The lowest BCUT2D eigenvalue weighted by Crippen LogP contribution is -2.02. The predicted molar refractivity (Wildman–Crippen MR) is 85.7 cm³/mol. The molecule has 0 atom stereocenters. The standard InChI is InChI=1S/C10H8O6S2.C2H6O3S/c11-17(12,13)9-5-1-3-7-8(9)4-2-6-10(7)18(14,15)16;1-2-6(3,4)5/h1-6H,(H,11,12,13)(H,14,15,16);2H2,1H3,(H,3,4,5). The van der Waals surface area contributed by atoms with E-state index in [-0.39, 0.29) is 16.5 Å². The van der Waals surface area contributed by atoms with Crippen molar-refractivity contribution in [1.29, 1.82) is 0 Å². The van der Waals surface area contributed by atoms with Gasteiger partial charge >= 0.3 is 0 Å². The molecule has 3 N–H and O–H groups in total. The molecule has 0 amide bonds. The summed E-state index contributed by atoms with van der Waals surface area (Å²) in [5.41, 5.74) is 0. The van der Waals surface area contributed by atoms with Crippen molar-refractivity contribution in [2.24, 2.45) is 0 Å². The van der Waals surface area contributed by atoms with Crippen LogP contribution in [0.3, 0.4) is 0 Å². The van der Waals surface area contributed by atoms with Crippen molar-refractivity contribution in [3.05, 3.63) is 36.4 Å². The maximum absolute atomic E-state index is 11.2. The molecule has 134 valence electrons. The molecule has 0 radical (unpaired) electrons. The van der Waals surface area contributed by atoms with Crippen molar-refractivity contribution in [3.8, 4) is 0 Å². The van der Waals surface area contributed by atoms with Crippen LogP contribution in [0.15, 0.2) is 46.2 Å². The summed E-state index contributed by atoms with van der Waals surface area (Å²) < 4.78 is 89.6. The van der Waals surface area contributed by atoms with Gasteiger partial charge in [0.2, 0.25) is 0 Å². The number of hydrogen-bond acceptors (Lipinski definition) is 6. The van der Waals surface area contributed by atoms with Gasteiger partial charge in [0.15, 0.2) is 0 Å². The highest BCUT2D eigenvalue weighted by atomic mass is 32.2. The van der Waals surface area contributed by atoms with E-state index in [2.05, 4.69) is 0 Å². The smallest absolute Gasteiger partial charge is 0.286 e. The SMILES string of the molecule is CCS(=O)(=O)O.O=S(=O)(O)c1cccc2c(S(=O)(=O)O)cccc12. The van der Waals surface area contributed by atoms with Gasteiger partial charge in [-0.2, -0.15) is 25.3 Å². The van der Waals surface area contributed by atoms with E-state index in [4.69, 9.17) is 13.7 Å². The summed E-state index contributed by atoms with van der Waals surface area (Å²) in [6.07, 6.45) is 0. The molecule has 12 heteroatoms. The van der Waals surface area contributed by atoms with Gasteiger partial charge in [0.1, 0.15) is 9.79 Å². The molecule has 0 aliphatic rings. The van der Waals surface area contributed by atoms with E-state index in [0.717, 1.165) is 12.1 Å². The normalized spacial score (nSPS) is 12.5. The van der Waals surface area contributed by atoms with Crippen molar-refractivity contribution < 1.29 is 38.9 Å². The Bertz CT molecular complexity index is 981. The van der Waals surface area contributed by atoms with E-state index in [1.54, 1.807) is 0 Å². The number of hydrogen-bond donors (Lipinski definition) is 3. The zero-order valence-corrected chi connectivity index (χ0v) is 14.6. The first-order valence-corrected chi connectivity index (χ1v) is 10.7. The average molecular weight is 398 g/mol. The molecule has 2 rings (SSSR count). The highest BCUT2D eigenvalue weighted by Crippen LogP contribution is 2.27. The fraction of sp³-hybridized carbons (Fsp3) is 0.167. The van der Waals surface area contributed by atoms with Gasteiger partial charge in [0.05, 0.1) is 5.75 Å². The fourth-order valence-electron chi connectivity index (χ4n) is 1.70. The molecule has 0 unspecified atom stereocenters. The molecule has 0 aromatic heterocycles. The van der Waals surface area contributed by atoms with Crippen molar-refractivity contribution in [2.45, 2.75) is 16.7 Å². The highest BCUT2D eigenvalue weighted by Gasteiger charge is 2.18. The van der Waals surface area contributed by atoms with Gasteiger partial charge in [-0.15, -0.1) is 0 Å². The van der Waals surface area contributed by atoms with Gasteiger partial charge in [0.25, 0.3) is 30.4 Å². The molecule has 0 bridgehead atoms. The van der Waals surface area contributed by atoms with Crippen LogP contribution < -0.4 is 0 Å². The molecule has 0 spiro atoms. The van der Waals surface area contributed by atoms with Gasteiger partial charge in [-0.25, -0.2) is 0 Å². The van der Waals surface area contributed by atoms with Crippen molar-refractivity contribution >= 4 is 41.1 Å². The fourth-order valence-corrected chi connectivity index (χ4v) is 3.12. The highest BCUT2D eigenvalue weighted by molar-refractivity contribution is 7.86. The summed E-state index contributed by atoms with van der Waals surface area (Å²) in [4.78, 5) is -0.823. The Morgan fingerprint density at radius 3 is 1.21 bits per heavy atom. The van der Waals surface area contributed by atoms with Gasteiger partial charge in [-0.3, -0.25) is 13.7 Å². The zero-order valence-electron chi connectivity index (χ0n) is 12.2. The van der Waals surface area contributed by atoms with E-state index in [9.17, 15) is 25.3 Å². The molecule has 24 heavy (non-hydrogen) atoms. The summed E-state index contributed by atoms with van der Waals surface area (Å²) in [6.45, 7) is 1.37. The van der Waals surface area contributed by atoms with Crippen LogP contribution in [0.1, 0.15) is 6.92 Å². The van der Waals surface area contributed by atoms with E-state index >= 15 is 0 Å². The zero-order chi connectivity index (χ0) is 18.8. The van der Waals surface area contributed by atoms with Crippen LogP contribution in [0.2, 0.25) is 0 Å². The number of rotatable bonds is 3. The van der Waals surface area contributed by atoms with Crippen LogP contribution in [0, 0.1) is 0 Å². The number of fused-ring (bicyclic) bond motifs is 1. The van der Waals surface area contributed by atoms with Crippen LogP contribution in [-0.2, 0) is 30.4 Å². The number of benzene rings is 2. The Labute approximate surface area is 139 Å². The Balaban J connectivity index is 0.000000413. The summed E-state index contributed by atoms with van der Waals surface area (Å²) in [5, 5.41) is 0.0465. The van der Waals surface area contributed by atoms with E-state index in [1.165, 1.54) is 31.2 Å². The Morgan fingerprint density at radius 1 is 0.708 bits per heavy atom. The van der Waals surface area contributed by atoms with E-state index in [1.807, 2.05) is 0 Å². The molecule has 0 aliphatic carbocycles. The first-order chi connectivity index (χ1) is 10.8. The summed E-state index contributed by atoms with van der Waals surface area (Å²) in [6, 6.07) is 7.53. The second kappa shape index (κ2) is 7.13. The average Bonchev–Trinajstić information content (AvgIpc) is 2.44. The third-order valence-electron chi connectivity index (χ3n) is 2.76. The molecule has 2 aromatic rings. The molecule has 9 nitrogen and oxygen atoms in total. The van der Waals surface area contributed by atoms with Crippen LogP contribution in [0.25, 0.3) is 10.8 Å². The molecule has 0 heterocycles. The largest absolute Gasteiger partial charge is 0.295 e. The van der Waals surface area contributed by atoms with E-state index in [0.29, 0.717) is 0 Å². The van der Waals surface area contributed by atoms with Crippen LogP contribution in [0.4, 0.5) is 0 Å². The predicted octanol–water partition coefficient (Wildman–Crippen LogP) is 1.23. The van der Waals surface area contributed by atoms with E-state index < -0.39 is 40.1 Å². The van der Waals surface area contributed by atoms with Gasteiger partial charge in [-0.1, -0.05) is 24.3 Å². The summed E-state index contributed by atoms with van der Waals surface area (Å²) in [5.74, 6) is -0.201. The second-order valence-corrected chi connectivity index (χ2v) is 8.95. The van der Waals surface area contributed by atoms with Crippen LogP contribution in [-0.4, -0.2) is 44.7 Å². The van der Waals surface area contributed by atoms with Gasteiger partial charge in [0, 0.05) is 10.8 Å². The van der Waals surface area contributed by atoms with Crippen LogP contribution >= 0.6 is 0 Å². The molecule has 2 aromatic carbocycles. The lowest BCUT2D eigenvalue weighted by atomic mass is 10.1. The maximum Gasteiger partial charge on any atom is 0.295 e. The molecule has 0 aliphatic heterocycles. The minimum Gasteiger partial charge on any atom is -0.286 e. The summed E-state index contributed by atoms with van der Waals surface area (Å²) in [7, 11) is -12.6. The topological polar surface area (TPSA) is 163 Å². The molecule has 0 saturated heterocycles. The lowest BCUT2D eigenvalue weighted by molar-refractivity contribution is 0.481. The first-order valence-electron chi connectivity index (χ1n) is 6.19. The Hall–Kier alpha value is -1.57. The van der Waals surface area contributed by atoms with Crippen molar-refractivity contribution in [3.63, 3.8) is 0 Å². The molecule has 0 saturated carbocycles. The molecular formula is C12H14O9S3. The minimum atomic E-state index is -4.47. The van der Waals surface area contributed by atoms with Crippen molar-refractivity contribution in [1.82, 2.24) is 0 Å². The third-order valence-corrected chi connectivity index (χ3v) is 5.32. The van der Waals surface area contributed by atoms with Crippen molar-refractivity contribution in [2.75, 3.05) is 5.75 Å². The maximum atomic E-state index is 11.2. The van der Waals surface area contributed by atoms with Gasteiger partial charge in [-0.05, 0) is 19.1 Å². The second-order valence-electron chi connectivity index (χ2n) is 4.43. The Kier molecular flexibility index (Phi) is 6.08. The van der Waals surface area contributed by atoms with Crippen LogP contribution in [0.5, 0.6) is 0 Å². The quantitative estimate of drug-likeness (QED) is 0.645. The first kappa shape index (κ1) is 20.5. The lowest BCUT2D eigenvalue weighted by Gasteiger charge is -2.06. The molecular weight excluding hydrogens is 384 g/mol.